The molecule has 26 nitrogen and oxygen atoms in total. The molecule has 2 heterocycles. The van der Waals surface area contributed by atoms with E-state index in [1.165, 1.54) is 11.8 Å². The second-order valence-corrected chi connectivity index (χ2v) is 17.7. The first-order valence-electron chi connectivity index (χ1n) is 23.3. The van der Waals surface area contributed by atoms with Gasteiger partial charge in [-0.25, -0.2) is 0 Å². The van der Waals surface area contributed by atoms with E-state index in [2.05, 4.69) is 20.9 Å². The highest BCUT2D eigenvalue weighted by molar-refractivity contribution is 6.43. The van der Waals surface area contributed by atoms with Crippen molar-refractivity contribution in [3.05, 3.63) is 35.4 Å². The Balaban J connectivity index is 1.52. The van der Waals surface area contributed by atoms with Crippen molar-refractivity contribution in [3.8, 4) is 0 Å². The summed E-state index contributed by atoms with van der Waals surface area (Å²) in [5.41, 5.74) is 17.4. The Morgan fingerprint density at radius 1 is 0.786 bits per heavy atom. The van der Waals surface area contributed by atoms with Crippen molar-refractivity contribution in [1.29, 1.82) is 0 Å². The van der Waals surface area contributed by atoms with E-state index in [9.17, 15) is 63.7 Å². The van der Waals surface area contributed by atoms with Crippen LogP contribution in [0.25, 0.3) is 0 Å². The number of β-amino-alcohol motifs (C(OH)–C–C–N with tert-alkyl or cyclic N) is 1. The summed E-state index contributed by atoms with van der Waals surface area (Å²) in [5, 5.41) is 56.5. The average molecular weight is 990 g/mol. The molecule has 0 saturated carbocycles. The van der Waals surface area contributed by atoms with Gasteiger partial charge in [-0.3, -0.25) is 62.9 Å². The molecule has 0 aliphatic carbocycles. The van der Waals surface area contributed by atoms with Crippen molar-refractivity contribution in [2.24, 2.45) is 22.2 Å². The molecule has 14 N–H and O–H groups in total. The third-order valence-corrected chi connectivity index (χ3v) is 11.8. The number of carboxylic acids is 2. The predicted octanol–water partition coefficient (Wildman–Crippen LogP) is -5.56. The van der Waals surface area contributed by atoms with E-state index in [0.29, 0.717) is 32.4 Å². The number of benzene rings is 1. The zero-order chi connectivity index (χ0) is 51.9. The third-order valence-electron chi connectivity index (χ3n) is 11.8. The minimum absolute atomic E-state index is 0.00434. The Kier molecular flexibility index (Phi) is 24.9. The van der Waals surface area contributed by atoms with Crippen LogP contribution in [-0.4, -0.2) is 245 Å². The molecule has 3 rings (SSSR count). The highest BCUT2D eigenvalue weighted by atomic mass is 16.4. The Labute approximate surface area is 407 Å². The van der Waals surface area contributed by atoms with E-state index in [4.69, 9.17) is 17.2 Å². The van der Waals surface area contributed by atoms with Gasteiger partial charge in [0.1, 0.15) is 12.1 Å². The molecule has 0 spiro atoms. The number of guanidine groups is 1. The lowest BCUT2D eigenvalue weighted by Crippen LogP contribution is -2.52. The van der Waals surface area contributed by atoms with Crippen LogP contribution in [0.15, 0.2) is 29.3 Å². The summed E-state index contributed by atoms with van der Waals surface area (Å²) in [6.07, 6.45) is 0.682. The van der Waals surface area contributed by atoms with Crippen molar-refractivity contribution in [3.63, 3.8) is 0 Å². The first-order valence-corrected chi connectivity index (χ1v) is 23.3. The van der Waals surface area contributed by atoms with Gasteiger partial charge in [0.15, 0.2) is 5.96 Å². The molecule has 1 aromatic carbocycles. The number of hydrogen-bond donors (Lipinski definition) is 11. The number of carbonyl (C=O) groups is 8. The number of amides is 6. The standard InChI is InChI=1S/C43H72BN13O13/c1-29(42(68)57-24-32(58)22-34(57)44(69)70)50-40(66)31-10-8-30(9-11-31)23-52(2)37(61)7-3-4-12-48-41(67)33(6-5-13-49-43(46)47)51-36(60)26-54-16-20-55(27-38(62)63)18-14-53(25-35(45)59)15-19-56(21-17-54)28-39(64)65/h8-11,29,32-34,58,69-70H,3-7,12-28H2,1-2H3,(H2,45,59)(H,48,67)(H,50,66)(H,51,60)(H,62,63)(H,64,65)(H4,46,47,49)/t29-,32+,33+,34+/m1/s1. The van der Waals surface area contributed by atoms with E-state index in [1.54, 1.807) is 50.9 Å². The van der Waals surface area contributed by atoms with Crippen LogP contribution in [0.5, 0.6) is 0 Å². The molecule has 6 amide bonds. The number of unbranched alkanes of at least 4 members (excludes halogenated alkanes) is 1. The van der Waals surface area contributed by atoms with Gasteiger partial charge < -0.3 is 68.3 Å². The quantitative estimate of drug-likeness (QED) is 0.0188. The number of nitrogens with zero attached hydrogens (tertiary/aromatic N) is 7. The predicted molar refractivity (Wildman–Crippen MR) is 255 cm³/mol. The minimum atomic E-state index is -1.84. The molecule has 0 unspecified atom stereocenters. The van der Waals surface area contributed by atoms with Crippen LogP contribution < -0.4 is 33.2 Å². The number of primary amides is 1. The van der Waals surface area contributed by atoms with Gasteiger partial charge in [0.25, 0.3) is 5.91 Å². The highest BCUT2D eigenvalue weighted by Crippen LogP contribution is 2.20. The van der Waals surface area contributed by atoms with Crippen molar-refractivity contribution < 1.29 is 63.7 Å². The van der Waals surface area contributed by atoms with Crippen LogP contribution in [0.4, 0.5) is 0 Å². The largest absolute Gasteiger partial charge is 0.480 e. The number of rotatable bonds is 25. The van der Waals surface area contributed by atoms with Gasteiger partial charge in [-0.15, -0.1) is 0 Å². The molecule has 0 bridgehead atoms. The molecule has 2 saturated heterocycles. The van der Waals surface area contributed by atoms with Crippen LogP contribution in [-0.2, 0) is 40.1 Å². The number of aliphatic hydroxyl groups is 1. The molecule has 0 radical (unpaired) electrons. The minimum Gasteiger partial charge on any atom is -0.480 e. The van der Waals surface area contributed by atoms with Gasteiger partial charge in [0.2, 0.25) is 29.5 Å². The van der Waals surface area contributed by atoms with Gasteiger partial charge in [-0.1, -0.05) is 12.1 Å². The molecular weight excluding hydrogens is 917 g/mol. The smallest absolute Gasteiger partial charge is 0.475 e. The molecule has 4 atom stereocenters. The number of nitrogens with one attached hydrogen (secondary N) is 3. The second kappa shape index (κ2) is 29.9. The molecular formula is C43H72BN13O13. The van der Waals surface area contributed by atoms with E-state index in [1.807, 2.05) is 0 Å². The van der Waals surface area contributed by atoms with Crippen LogP contribution in [0.2, 0.25) is 0 Å². The summed E-state index contributed by atoms with van der Waals surface area (Å²) >= 11 is 0. The average Bonchev–Trinajstić information content (AvgIpc) is 3.69. The monoisotopic (exact) mass is 990 g/mol. The van der Waals surface area contributed by atoms with Gasteiger partial charge >= 0.3 is 19.1 Å². The number of carbonyl (C=O) groups excluding carboxylic acids is 6. The summed E-state index contributed by atoms with van der Waals surface area (Å²) in [6.45, 7) is 3.23. The second-order valence-electron chi connectivity index (χ2n) is 17.7. The molecule has 27 heteroatoms. The SMILES string of the molecule is C[C@@H](NC(=O)c1ccc(CN(C)C(=O)CCCCNC(=O)[C@H](CCCN=C(N)N)NC(=O)CN2CCN(CC(=O)O)CCN(CC(N)=O)CCN(CC(=O)O)CC2)cc1)C(=O)N1C[C@@H](O)C[C@H]1B(O)O. The number of aliphatic imine (C=N–C) groups is 1. The van der Waals surface area contributed by atoms with Crippen LogP contribution in [0.3, 0.4) is 0 Å². The zero-order valence-corrected chi connectivity index (χ0v) is 40.1. The van der Waals surface area contributed by atoms with E-state index in [-0.39, 0.29) is 128 Å². The Bertz CT molecular complexity index is 1910. The fraction of sp³-hybridized carbons (Fsp3) is 0.651. The van der Waals surface area contributed by atoms with Gasteiger partial charge in [-0.2, -0.15) is 0 Å². The Hall–Kier alpha value is -5.97. The van der Waals surface area contributed by atoms with Crippen LogP contribution in [0, 0.1) is 0 Å². The molecule has 390 valence electrons. The number of nitrogens with two attached hydrogens (primary N) is 3. The maximum absolute atomic E-state index is 13.6. The van der Waals surface area contributed by atoms with Gasteiger partial charge in [0.05, 0.1) is 38.2 Å². The van der Waals surface area contributed by atoms with Gasteiger partial charge in [0, 0.05) is 97.6 Å². The Morgan fingerprint density at radius 2 is 1.33 bits per heavy atom. The lowest BCUT2D eigenvalue weighted by molar-refractivity contribution is -0.139. The van der Waals surface area contributed by atoms with Crippen LogP contribution >= 0.6 is 0 Å². The summed E-state index contributed by atoms with van der Waals surface area (Å²) in [7, 11) is -0.200. The molecule has 2 aliphatic rings. The first-order chi connectivity index (χ1) is 33.1. The molecule has 70 heavy (non-hydrogen) atoms. The van der Waals surface area contributed by atoms with Gasteiger partial charge in [-0.05, 0) is 56.7 Å². The lowest BCUT2D eigenvalue weighted by atomic mass is 9.77. The summed E-state index contributed by atoms with van der Waals surface area (Å²) in [5.74, 6) is -6.03. The van der Waals surface area contributed by atoms with Crippen LogP contribution in [0.1, 0.15) is 61.4 Å². The fourth-order valence-electron chi connectivity index (χ4n) is 8.05. The number of aliphatic hydroxyl groups excluding tert-OH is 1. The summed E-state index contributed by atoms with van der Waals surface area (Å²) < 4.78 is 0. The molecule has 1 aromatic rings. The molecule has 2 fully saturated rings. The number of hydrogen-bond acceptors (Lipinski definition) is 16. The fourth-order valence-corrected chi connectivity index (χ4v) is 8.05. The zero-order valence-electron chi connectivity index (χ0n) is 40.1. The summed E-state index contributed by atoms with van der Waals surface area (Å²) in [4.78, 5) is 114. The van der Waals surface area contributed by atoms with Crippen molar-refractivity contribution in [1.82, 2.24) is 45.3 Å². The number of aliphatic carboxylic acids is 2. The first kappa shape index (κ1) is 58.3. The summed E-state index contributed by atoms with van der Waals surface area (Å²) in [6, 6.07) is 4.48. The maximum Gasteiger partial charge on any atom is 0.475 e. The van der Waals surface area contributed by atoms with E-state index >= 15 is 0 Å². The molecule has 0 aromatic heterocycles. The molecule has 2 aliphatic heterocycles. The Morgan fingerprint density at radius 3 is 1.84 bits per heavy atom. The third kappa shape index (κ3) is 21.8. The van der Waals surface area contributed by atoms with E-state index in [0.717, 1.165) is 10.5 Å². The van der Waals surface area contributed by atoms with E-state index < -0.39 is 72.7 Å². The maximum atomic E-state index is 13.6. The van der Waals surface area contributed by atoms with Crippen molar-refractivity contribution >= 4 is 60.5 Å². The topological polar surface area (TPSA) is 384 Å². The highest BCUT2D eigenvalue weighted by Gasteiger charge is 2.42. The number of carboxylic acid groups (broad SMARTS) is 2. The van der Waals surface area contributed by atoms with Crippen molar-refractivity contribution in [2.45, 2.75) is 76.1 Å². The number of likely N-dealkylation sites (tertiary alicyclic amines) is 1. The normalized spacial score (nSPS) is 18.6. The van der Waals surface area contributed by atoms with Crippen molar-refractivity contribution in [2.75, 3.05) is 105 Å². The lowest BCUT2D eigenvalue weighted by Gasteiger charge is -2.33.